The minimum absolute atomic E-state index is 0.0287. The van der Waals surface area contributed by atoms with E-state index in [-0.39, 0.29) is 11.1 Å². The number of rotatable bonds is 3. The van der Waals surface area contributed by atoms with Crippen LogP contribution in [0.3, 0.4) is 0 Å². The molecule has 1 aliphatic heterocycles. The highest BCUT2D eigenvalue weighted by Gasteiger charge is 2.48. The van der Waals surface area contributed by atoms with Gasteiger partial charge in [-0.2, -0.15) is 0 Å². The zero-order chi connectivity index (χ0) is 21.0. The number of aliphatic hydroxyl groups is 1. The molecular weight excluding hydrogens is 364 g/mol. The fraction of sp³-hybridized carbons (Fsp3) is 0.476. The molecule has 4 atom stereocenters. The van der Waals surface area contributed by atoms with E-state index in [1.54, 1.807) is 32.1 Å². The summed E-state index contributed by atoms with van der Waals surface area (Å²) in [6, 6.07) is 0. The van der Waals surface area contributed by atoms with Gasteiger partial charge in [0.2, 0.25) is 0 Å². The third-order valence-corrected chi connectivity index (χ3v) is 5.02. The minimum atomic E-state index is -1.51. The summed E-state index contributed by atoms with van der Waals surface area (Å²) < 4.78 is 15.7. The molecule has 28 heavy (non-hydrogen) atoms. The maximum atomic E-state index is 12.4. The van der Waals surface area contributed by atoms with E-state index in [1.165, 1.54) is 7.11 Å². The number of fused-ring (bicyclic) bond motifs is 1. The standard InChI is InChI=1S/C21H26O7/c1-6-12(3)19(23)28-18-16-13(4)20(24)27-15(16)10-11(2)8-7-9-14(17(18)22)21(25)26-5/h6,9-10,15-18,22H,4,7-8H2,1-3,5H3. The average molecular weight is 390 g/mol. The van der Waals surface area contributed by atoms with Crippen LogP contribution in [-0.2, 0) is 28.6 Å². The van der Waals surface area contributed by atoms with Crippen LogP contribution in [0.5, 0.6) is 0 Å². The van der Waals surface area contributed by atoms with E-state index in [1.807, 2.05) is 6.92 Å². The maximum absolute atomic E-state index is 12.4. The van der Waals surface area contributed by atoms with Crippen molar-refractivity contribution in [1.82, 2.24) is 0 Å². The van der Waals surface area contributed by atoms with E-state index in [0.717, 1.165) is 5.57 Å². The van der Waals surface area contributed by atoms with Crippen molar-refractivity contribution in [3.05, 3.63) is 47.1 Å². The normalized spacial score (nSPS) is 28.5. The van der Waals surface area contributed by atoms with Crippen LogP contribution in [0.15, 0.2) is 47.1 Å². The van der Waals surface area contributed by atoms with Crippen molar-refractivity contribution in [2.75, 3.05) is 7.11 Å². The van der Waals surface area contributed by atoms with Gasteiger partial charge in [0.15, 0.2) is 0 Å². The van der Waals surface area contributed by atoms with Crippen LogP contribution >= 0.6 is 0 Å². The third-order valence-electron chi connectivity index (χ3n) is 5.02. The fourth-order valence-corrected chi connectivity index (χ4v) is 3.24. The largest absolute Gasteiger partial charge is 0.466 e. The molecule has 7 heteroatoms. The van der Waals surface area contributed by atoms with E-state index in [9.17, 15) is 19.5 Å². The molecular formula is C21H26O7. The lowest BCUT2D eigenvalue weighted by Crippen LogP contribution is -2.44. The summed E-state index contributed by atoms with van der Waals surface area (Å²) in [6.07, 6.45) is 2.46. The lowest BCUT2D eigenvalue weighted by atomic mass is 9.83. The van der Waals surface area contributed by atoms with Gasteiger partial charge in [0.1, 0.15) is 18.3 Å². The summed E-state index contributed by atoms with van der Waals surface area (Å²) in [6.45, 7) is 8.88. The Morgan fingerprint density at radius 3 is 2.68 bits per heavy atom. The predicted octanol–water partition coefficient (Wildman–Crippen LogP) is 2.16. The number of hydrogen-bond donors (Lipinski definition) is 1. The predicted molar refractivity (Wildman–Crippen MR) is 101 cm³/mol. The summed E-state index contributed by atoms with van der Waals surface area (Å²) in [5.74, 6) is -2.86. The van der Waals surface area contributed by atoms with Crippen molar-refractivity contribution in [3.8, 4) is 0 Å². The van der Waals surface area contributed by atoms with Gasteiger partial charge in [0, 0.05) is 11.1 Å². The Morgan fingerprint density at radius 1 is 1.39 bits per heavy atom. The van der Waals surface area contributed by atoms with Crippen molar-refractivity contribution in [1.29, 1.82) is 0 Å². The van der Waals surface area contributed by atoms with Gasteiger partial charge in [0.05, 0.1) is 18.6 Å². The van der Waals surface area contributed by atoms with E-state index in [0.29, 0.717) is 18.4 Å². The van der Waals surface area contributed by atoms with Crippen LogP contribution in [0.4, 0.5) is 0 Å². The van der Waals surface area contributed by atoms with Gasteiger partial charge in [-0.15, -0.1) is 0 Å². The van der Waals surface area contributed by atoms with Crippen molar-refractivity contribution in [2.24, 2.45) is 5.92 Å². The monoisotopic (exact) mass is 390 g/mol. The lowest BCUT2D eigenvalue weighted by molar-refractivity contribution is -0.155. The molecule has 0 saturated carbocycles. The van der Waals surface area contributed by atoms with Gasteiger partial charge in [-0.05, 0) is 39.7 Å². The molecule has 0 bridgehead atoms. The Labute approximate surface area is 164 Å². The second-order valence-corrected chi connectivity index (χ2v) is 6.91. The van der Waals surface area contributed by atoms with Gasteiger partial charge in [-0.25, -0.2) is 14.4 Å². The van der Waals surface area contributed by atoms with Gasteiger partial charge in [0.25, 0.3) is 0 Å². The quantitative estimate of drug-likeness (QED) is 0.341. The second-order valence-electron chi connectivity index (χ2n) is 6.91. The number of esters is 3. The third kappa shape index (κ3) is 4.42. The Kier molecular flexibility index (Phi) is 6.96. The molecule has 0 spiro atoms. The minimum Gasteiger partial charge on any atom is -0.466 e. The maximum Gasteiger partial charge on any atom is 0.336 e. The molecule has 0 amide bonds. The molecule has 7 nitrogen and oxygen atoms in total. The Hall–Kier alpha value is -2.67. The summed E-state index contributed by atoms with van der Waals surface area (Å²) in [5.41, 5.74) is 1.31. The number of carbonyl (C=O) groups excluding carboxylic acids is 3. The van der Waals surface area contributed by atoms with E-state index in [4.69, 9.17) is 14.2 Å². The van der Waals surface area contributed by atoms with Crippen LogP contribution in [-0.4, -0.2) is 48.4 Å². The Morgan fingerprint density at radius 2 is 2.07 bits per heavy atom. The smallest absolute Gasteiger partial charge is 0.336 e. The Balaban J connectivity index is 2.57. The van der Waals surface area contributed by atoms with Crippen LogP contribution in [0.25, 0.3) is 0 Å². The molecule has 1 fully saturated rings. The van der Waals surface area contributed by atoms with E-state index < -0.39 is 42.1 Å². The first kappa shape index (κ1) is 21.6. The lowest BCUT2D eigenvalue weighted by Gasteiger charge is -2.31. The van der Waals surface area contributed by atoms with Gasteiger partial charge >= 0.3 is 17.9 Å². The van der Waals surface area contributed by atoms with Gasteiger partial charge in [-0.3, -0.25) is 0 Å². The van der Waals surface area contributed by atoms with Gasteiger partial charge in [-0.1, -0.05) is 24.3 Å². The number of allylic oxidation sites excluding steroid dienone is 3. The summed E-state index contributed by atoms with van der Waals surface area (Å²) in [4.78, 5) is 36.8. The number of carbonyl (C=O) groups is 3. The molecule has 1 saturated heterocycles. The topological polar surface area (TPSA) is 99.1 Å². The number of methoxy groups -OCH3 is 1. The fourth-order valence-electron chi connectivity index (χ4n) is 3.24. The van der Waals surface area contributed by atoms with E-state index in [2.05, 4.69) is 6.58 Å². The van der Waals surface area contributed by atoms with Crippen molar-refractivity contribution in [3.63, 3.8) is 0 Å². The molecule has 4 unspecified atom stereocenters. The zero-order valence-electron chi connectivity index (χ0n) is 16.6. The number of hydrogen-bond acceptors (Lipinski definition) is 7. The number of aliphatic hydroxyl groups excluding tert-OH is 1. The van der Waals surface area contributed by atoms with Crippen molar-refractivity contribution in [2.45, 2.75) is 51.9 Å². The first-order valence-electron chi connectivity index (χ1n) is 9.08. The van der Waals surface area contributed by atoms with Crippen LogP contribution in [0.1, 0.15) is 33.6 Å². The molecule has 1 heterocycles. The molecule has 152 valence electrons. The molecule has 0 aromatic rings. The number of ether oxygens (including phenoxy) is 3. The first-order valence-corrected chi connectivity index (χ1v) is 9.08. The van der Waals surface area contributed by atoms with Crippen molar-refractivity contribution < 1.29 is 33.7 Å². The van der Waals surface area contributed by atoms with Gasteiger partial charge < -0.3 is 19.3 Å². The van der Waals surface area contributed by atoms with Crippen molar-refractivity contribution >= 4 is 17.9 Å². The second kappa shape index (κ2) is 9.01. The molecule has 2 rings (SSSR count). The molecule has 0 aromatic carbocycles. The highest BCUT2D eigenvalue weighted by molar-refractivity contribution is 5.93. The molecule has 1 aliphatic carbocycles. The van der Waals surface area contributed by atoms with E-state index >= 15 is 0 Å². The zero-order valence-corrected chi connectivity index (χ0v) is 16.6. The summed E-state index contributed by atoms with van der Waals surface area (Å²) in [5, 5.41) is 11.0. The van der Waals surface area contributed by atoms with Crippen LogP contribution in [0, 0.1) is 5.92 Å². The summed E-state index contributed by atoms with van der Waals surface area (Å²) in [7, 11) is 1.20. The molecule has 1 N–H and O–H groups in total. The molecule has 2 aliphatic rings. The van der Waals surface area contributed by atoms with Crippen LogP contribution < -0.4 is 0 Å². The SMILES string of the molecule is C=C1C(=O)OC2C=C(C)CCC=C(C(=O)OC)C(O)C(OC(=O)C(C)=CC)C12. The first-order chi connectivity index (χ1) is 13.2. The van der Waals surface area contributed by atoms with Crippen LogP contribution in [0.2, 0.25) is 0 Å². The molecule has 0 aromatic heterocycles. The Bertz CT molecular complexity index is 772. The molecule has 0 radical (unpaired) electrons. The summed E-state index contributed by atoms with van der Waals surface area (Å²) >= 11 is 0. The highest BCUT2D eigenvalue weighted by atomic mass is 16.6. The highest BCUT2D eigenvalue weighted by Crippen LogP contribution is 2.37. The average Bonchev–Trinajstić information content (AvgIpc) is 2.94.